The molecule has 1 saturated heterocycles. The molecule has 0 aromatic carbocycles. The zero-order chi connectivity index (χ0) is 9.97. The highest BCUT2D eigenvalue weighted by Gasteiger charge is 2.38. The average molecular weight is 214 g/mol. The fraction of sp³-hybridized carbons (Fsp3) is 0.909. The molecule has 0 bridgehead atoms. The zero-order valence-corrected chi connectivity index (χ0v) is 9.26. The van der Waals surface area contributed by atoms with Gasteiger partial charge in [-0.05, 0) is 17.6 Å². The summed E-state index contributed by atoms with van der Waals surface area (Å²) in [6.45, 7) is 0. The molecule has 2 aliphatic rings. The fourth-order valence-electron chi connectivity index (χ4n) is 2.85. The van der Waals surface area contributed by atoms with Crippen LogP contribution in [0.5, 0.6) is 0 Å². The lowest BCUT2D eigenvalue weighted by atomic mass is 9.76. The van der Waals surface area contributed by atoms with Gasteiger partial charge in [-0.25, -0.2) is 0 Å². The lowest BCUT2D eigenvalue weighted by Gasteiger charge is -2.29. The van der Waals surface area contributed by atoms with Crippen LogP contribution in [-0.2, 0) is 4.79 Å². The number of thioether (sulfide) groups is 1. The molecule has 2 fully saturated rings. The van der Waals surface area contributed by atoms with Crippen molar-refractivity contribution in [3.05, 3.63) is 0 Å². The van der Waals surface area contributed by atoms with Gasteiger partial charge < -0.3 is 5.11 Å². The van der Waals surface area contributed by atoms with Gasteiger partial charge in [0, 0.05) is 5.75 Å². The van der Waals surface area contributed by atoms with E-state index >= 15 is 0 Å². The van der Waals surface area contributed by atoms with Crippen LogP contribution in [0.3, 0.4) is 0 Å². The van der Waals surface area contributed by atoms with E-state index in [1.807, 2.05) is 11.8 Å². The SMILES string of the molecule is O=C(O)C1CSCC1C1CCCCC1. The highest BCUT2D eigenvalue weighted by atomic mass is 32.2. The van der Waals surface area contributed by atoms with Crippen molar-refractivity contribution in [2.75, 3.05) is 11.5 Å². The minimum Gasteiger partial charge on any atom is -0.481 e. The Morgan fingerprint density at radius 3 is 2.50 bits per heavy atom. The molecule has 2 rings (SSSR count). The van der Waals surface area contributed by atoms with Gasteiger partial charge in [-0.1, -0.05) is 32.1 Å². The third-order valence-electron chi connectivity index (χ3n) is 3.70. The summed E-state index contributed by atoms with van der Waals surface area (Å²) < 4.78 is 0. The Morgan fingerprint density at radius 1 is 1.14 bits per heavy atom. The van der Waals surface area contributed by atoms with Crippen LogP contribution in [-0.4, -0.2) is 22.6 Å². The van der Waals surface area contributed by atoms with Crippen molar-refractivity contribution in [2.24, 2.45) is 17.8 Å². The van der Waals surface area contributed by atoms with Crippen LogP contribution in [0.15, 0.2) is 0 Å². The van der Waals surface area contributed by atoms with Gasteiger partial charge in [0.1, 0.15) is 0 Å². The quantitative estimate of drug-likeness (QED) is 0.767. The van der Waals surface area contributed by atoms with Crippen molar-refractivity contribution in [1.82, 2.24) is 0 Å². The molecule has 1 N–H and O–H groups in total. The summed E-state index contributed by atoms with van der Waals surface area (Å²) in [5.74, 6) is 2.49. The van der Waals surface area contributed by atoms with E-state index in [0.29, 0.717) is 11.8 Å². The first kappa shape index (κ1) is 10.3. The van der Waals surface area contributed by atoms with Crippen LogP contribution in [0.4, 0.5) is 0 Å². The predicted octanol–water partition coefficient (Wildman–Crippen LogP) is 2.63. The number of carboxylic acids is 1. The van der Waals surface area contributed by atoms with Crippen molar-refractivity contribution < 1.29 is 9.90 Å². The van der Waals surface area contributed by atoms with E-state index in [0.717, 1.165) is 11.5 Å². The van der Waals surface area contributed by atoms with Crippen LogP contribution >= 0.6 is 11.8 Å². The van der Waals surface area contributed by atoms with Gasteiger partial charge in [-0.2, -0.15) is 11.8 Å². The molecule has 1 aliphatic carbocycles. The summed E-state index contributed by atoms with van der Waals surface area (Å²) in [5, 5.41) is 9.10. The number of rotatable bonds is 2. The van der Waals surface area contributed by atoms with E-state index in [9.17, 15) is 4.79 Å². The number of aliphatic carboxylic acids is 1. The highest BCUT2D eigenvalue weighted by molar-refractivity contribution is 7.99. The first-order valence-corrected chi connectivity index (χ1v) is 6.75. The van der Waals surface area contributed by atoms with Gasteiger partial charge in [0.15, 0.2) is 0 Å². The van der Waals surface area contributed by atoms with E-state index in [2.05, 4.69) is 0 Å². The molecule has 1 aliphatic heterocycles. The molecular weight excluding hydrogens is 196 g/mol. The van der Waals surface area contributed by atoms with Crippen LogP contribution < -0.4 is 0 Å². The zero-order valence-electron chi connectivity index (χ0n) is 8.45. The Kier molecular flexibility index (Phi) is 3.37. The Bertz CT molecular complexity index is 211. The van der Waals surface area contributed by atoms with Gasteiger partial charge in [0.25, 0.3) is 0 Å². The molecule has 0 spiro atoms. The third kappa shape index (κ3) is 2.08. The van der Waals surface area contributed by atoms with Gasteiger partial charge >= 0.3 is 5.97 Å². The van der Waals surface area contributed by atoms with E-state index in [-0.39, 0.29) is 5.92 Å². The predicted molar refractivity (Wildman–Crippen MR) is 58.5 cm³/mol. The summed E-state index contributed by atoms with van der Waals surface area (Å²) in [5.41, 5.74) is 0. The molecule has 2 unspecified atom stereocenters. The first-order chi connectivity index (χ1) is 6.79. The van der Waals surface area contributed by atoms with Crippen molar-refractivity contribution in [3.63, 3.8) is 0 Å². The number of hydrogen-bond acceptors (Lipinski definition) is 2. The van der Waals surface area contributed by atoms with E-state index in [1.54, 1.807) is 0 Å². The Balaban J connectivity index is 1.97. The summed E-state index contributed by atoms with van der Waals surface area (Å²) in [7, 11) is 0. The molecule has 0 aromatic heterocycles. The number of carbonyl (C=O) groups is 1. The molecular formula is C11H18O2S. The smallest absolute Gasteiger partial charge is 0.307 e. The molecule has 0 amide bonds. The summed E-state index contributed by atoms with van der Waals surface area (Å²) in [6.07, 6.45) is 6.54. The standard InChI is InChI=1S/C11H18O2S/c12-11(13)10-7-14-6-9(10)8-4-2-1-3-5-8/h8-10H,1-7H2,(H,12,13). The van der Waals surface area contributed by atoms with E-state index in [1.165, 1.54) is 32.1 Å². The second-order valence-corrected chi connectivity index (χ2v) is 5.62. The van der Waals surface area contributed by atoms with Crippen molar-refractivity contribution >= 4 is 17.7 Å². The van der Waals surface area contributed by atoms with Crippen LogP contribution in [0, 0.1) is 17.8 Å². The fourth-order valence-corrected chi connectivity index (χ4v) is 4.41. The maximum Gasteiger partial charge on any atom is 0.307 e. The van der Waals surface area contributed by atoms with Crippen LogP contribution in [0.1, 0.15) is 32.1 Å². The van der Waals surface area contributed by atoms with Gasteiger partial charge in [0.05, 0.1) is 5.92 Å². The maximum absolute atomic E-state index is 11.0. The van der Waals surface area contributed by atoms with Crippen molar-refractivity contribution in [2.45, 2.75) is 32.1 Å². The minimum absolute atomic E-state index is 0.0527. The monoisotopic (exact) mass is 214 g/mol. The molecule has 1 saturated carbocycles. The molecule has 2 atom stereocenters. The molecule has 0 aromatic rings. The topological polar surface area (TPSA) is 37.3 Å². The van der Waals surface area contributed by atoms with Crippen molar-refractivity contribution in [3.8, 4) is 0 Å². The molecule has 1 heterocycles. The molecule has 0 radical (unpaired) electrons. The molecule has 80 valence electrons. The number of carboxylic acid groups (broad SMARTS) is 1. The van der Waals surface area contributed by atoms with Crippen LogP contribution in [0.2, 0.25) is 0 Å². The Hall–Kier alpha value is -0.180. The minimum atomic E-state index is -0.564. The van der Waals surface area contributed by atoms with Crippen molar-refractivity contribution in [1.29, 1.82) is 0 Å². The van der Waals surface area contributed by atoms with E-state index < -0.39 is 5.97 Å². The van der Waals surface area contributed by atoms with Gasteiger partial charge in [-0.3, -0.25) is 4.79 Å². The second-order valence-electron chi connectivity index (χ2n) is 4.54. The normalized spacial score (nSPS) is 34.6. The summed E-state index contributed by atoms with van der Waals surface area (Å²) >= 11 is 1.83. The molecule has 14 heavy (non-hydrogen) atoms. The van der Waals surface area contributed by atoms with Crippen LogP contribution in [0.25, 0.3) is 0 Å². The number of hydrogen-bond donors (Lipinski definition) is 1. The summed E-state index contributed by atoms with van der Waals surface area (Å²) in [6, 6.07) is 0. The summed E-state index contributed by atoms with van der Waals surface area (Å²) in [4.78, 5) is 11.0. The highest BCUT2D eigenvalue weighted by Crippen LogP contribution is 2.41. The maximum atomic E-state index is 11.0. The third-order valence-corrected chi connectivity index (χ3v) is 4.91. The second kappa shape index (κ2) is 4.56. The first-order valence-electron chi connectivity index (χ1n) is 5.59. The lowest BCUT2D eigenvalue weighted by Crippen LogP contribution is -2.29. The largest absolute Gasteiger partial charge is 0.481 e. The Labute approximate surface area is 89.5 Å². The average Bonchev–Trinajstić information content (AvgIpc) is 2.67. The van der Waals surface area contributed by atoms with E-state index in [4.69, 9.17) is 5.11 Å². The van der Waals surface area contributed by atoms with Gasteiger partial charge in [0.2, 0.25) is 0 Å². The lowest BCUT2D eigenvalue weighted by molar-refractivity contribution is -0.143. The Morgan fingerprint density at radius 2 is 1.86 bits per heavy atom. The van der Waals surface area contributed by atoms with Gasteiger partial charge in [-0.15, -0.1) is 0 Å². The molecule has 2 nitrogen and oxygen atoms in total. The molecule has 3 heteroatoms.